The Bertz CT molecular complexity index is 539. The summed E-state index contributed by atoms with van der Waals surface area (Å²) in [5.74, 6) is -1.82. The van der Waals surface area contributed by atoms with Gasteiger partial charge in [0.05, 0.1) is 28.2 Å². The van der Waals surface area contributed by atoms with Crippen LogP contribution in [0.1, 0.15) is 12.5 Å². The highest BCUT2D eigenvalue weighted by Gasteiger charge is 2.26. The van der Waals surface area contributed by atoms with Crippen LogP contribution in [-0.2, 0) is 16.0 Å². The maximum absolute atomic E-state index is 11.5. The lowest BCUT2D eigenvalue weighted by molar-refractivity contribution is -0.385. The van der Waals surface area contributed by atoms with Crippen LogP contribution >= 0.6 is 11.6 Å². The molecule has 0 aliphatic carbocycles. The molecule has 6 nitrogen and oxygen atoms in total. The quantitative estimate of drug-likeness (QED) is 0.470. The Morgan fingerprint density at radius 1 is 1.63 bits per heavy atom. The van der Waals surface area contributed by atoms with E-state index in [9.17, 15) is 14.9 Å². The first kappa shape index (κ1) is 14.9. The van der Waals surface area contributed by atoms with Gasteiger partial charge in [-0.2, -0.15) is 5.26 Å². The number of nitro benzene ring substituents is 1. The fourth-order valence-electron chi connectivity index (χ4n) is 1.55. The molecule has 0 spiro atoms. The second-order valence-corrected chi connectivity index (χ2v) is 4.04. The van der Waals surface area contributed by atoms with Crippen molar-refractivity contribution in [2.45, 2.75) is 13.3 Å². The van der Waals surface area contributed by atoms with Crippen LogP contribution in [0.5, 0.6) is 0 Å². The molecular weight excluding hydrogens is 272 g/mol. The van der Waals surface area contributed by atoms with Gasteiger partial charge in [-0.25, -0.2) is 0 Å². The lowest BCUT2D eigenvalue weighted by Gasteiger charge is -2.09. The van der Waals surface area contributed by atoms with Crippen LogP contribution in [0.3, 0.4) is 0 Å². The van der Waals surface area contributed by atoms with E-state index in [1.165, 1.54) is 18.2 Å². The van der Waals surface area contributed by atoms with Crippen molar-refractivity contribution >= 4 is 23.3 Å². The van der Waals surface area contributed by atoms with E-state index in [0.29, 0.717) is 0 Å². The van der Waals surface area contributed by atoms with E-state index in [1.807, 2.05) is 0 Å². The minimum Gasteiger partial charge on any atom is -0.465 e. The van der Waals surface area contributed by atoms with E-state index >= 15 is 0 Å². The summed E-state index contributed by atoms with van der Waals surface area (Å²) < 4.78 is 4.73. The molecule has 0 amide bonds. The Morgan fingerprint density at radius 2 is 2.32 bits per heavy atom. The summed E-state index contributed by atoms with van der Waals surface area (Å²) in [6, 6.07) is 5.97. The highest BCUT2D eigenvalue weighted by molar-refractivity contribution is 6.31. The van der Waals surface area contributed by atoms with Gasteiger partial charge in [-0.1, -0.05) is 17.7 Å². The van der Waals surface area contributed by atoms with Crippen LogP contribution in [0.2, 0.25) is 5.02 Å². The van der Waals surface area contributed by atoms with Gasteiger partial charge >= 0.3 is 5.97 Å². The first-order chi connectivity index (χ1) is 9.01. The third kappa shape index (κ3) is 3.66. The predicted molar refractivity (Wildman–Crippen MR) is 67.5 cm³/mol. The first-order valence-electron chi connectivity index (χ1n) is 5.49. The zero-order chi connectivity index (χ0) is 14.4. The zero-order valence-corrected chi connectivity index (χ0v) is 10.9. The third-order valence-corrected chi connectivity index (χ3v) is 2.78. The number of esters is 1. The molecule has 1 aromatic rings. The Kier molecular flexibility index (Phi) is 5.27. The normalized spacial score (nSPS) is 11.4. The molecule has 0 aromatic heterocycles. The molecule has 1 unspecified atom stereocenters. The Hall–Kier alpha value is -2.13. The molecule has 0 heterocycles. The van der Waals surface area contributed by atoms with Crippen molar-refractivity contribution in [2.24, 2.45) is 5.92 Å². The van der Waals surface area contributed by atoms with Crippen LogP contribution in [0.15, 0.2) is 18.2 Å². The summed E-state index contributed by atoms with van der Waals surface area (Å²) in [5, 5.41) is 20.0. The number of ether oxygens (including phenoxy) is 1. The molecule has 1 rings (SSSR count). The van der Waals surface area contributed by atoms with Crippen molar-refractivity contribution < 1.29 is 14.5 Å². The molecule has 0 radical (unpaired) electrons. The second kappa shape index (κ2) is 6.71. The van der Waals surface area contributed by atoms with Gasteiger partial charge in [-0.05, 0) is 13.0 Å². The molecule has 1 aromatic carbocycles. The molecule has 0 saturated carbocycles. The van der Waals surface area contributed by atoms with E-state index in [1.54, 1.807) is 13.0 Å². The number of carbonyl (C=O) groups is 1. The SMILES string of the molecule is CCOC(=O)C(C#N)Cc1c(Cl)cccc1[N+](=O)[O-]. The molecule has 7 heteroatoms. The molecule has 0 aliphatic heterocycles. The second-order valence-electron chi connectivity index (χ2n) is 3.63. The van der Waals surface area contributed by atoms with Gasteiger partial charge in [-0.3, -0.25) is 14.9 Å². The van der Waals surface area contributed by atoms with Gasteiger partial charge in [-0.15, -0.1) is 0 Å². The lowest BCUT2D eigenvalue weighted by atomic mass is 9.99. The van der Waals surface area contributed by atoms with E-state index in [4.69, 9.17) is 21.6 Å². The monoisotopic (exact) mass is 282 g/mol. The van der Waals surface area contributed by atoms with Crippen molar-refractivity contribution in [3.05, 3.63) is 38.9 Å². The van der Waals surface area contributed by atoms with Crippen LogP contribution in [0, 0.1) is 27.4 Å². The molecule has 0 fully saturated rings. The summed E-state index contributed by atoms with van der Waals surface area (Å²) in [6.45, 7) is 1.76. The van der Waals surface area contributed by atoms with Crippen molar-refractivity contribution in [3.8, 4) is 6.07 Å². The third-order valence-electron chi connectivity index (χ3n) is 2.43. The largest absolute Gasteiger partial charge is 0.465 e. The molecule has 0 saturated heterocycles. The van der Waals surface area contributed by atoms with Crippen molar-refractivity contribution in [1.82, 2.24) is 0 Å². The Balaban J connectivity index is 3.07. The minimum atomic E-state index is -1.11. The number of carbonyl (C=O) groups excluding carboxylic acids is 1. The number of halogens is 1. The fraction of sp³-hybridized carbons (Fsp3) is 0.333. The highest BCUT2D eigenvalue weighted by Crippen LogP contribution is 2.28. The molecule has 0 bridgehead atoms. The van der Waals surface area contributed by atoms with Crippen LogP contribution in [0.25, 0.3) is 0 Å². The number of nitro groups is 1. The maximum Gasteiger partial charge on any atom is 0.323 e. The highest BCUT2D eigenvalue weighted by atomic mass is 35.5. The van der Waals surface area contributed by atoms with Gasteiger partial charge in [0, 0.05) is 12.5 Å². The summed E-state index contributed by atoms with van der Waals surface area (Å²) >= 11 is 5.89. The lowest BCUT2D eigenvalue weighted by Crippen LogP contribution is -2.19. The maximum atomic E-state index is 11.5. The van der Waals surface area contributed by atoms with Crippen LogP contribution in [-0.4, -0.2) is 17.5 Å². The smallest absolute Gasteiger partial charge is 0.323 e. The van der Waals surface area contributed by atoms with Gasteiger partial charge in [0.15, 0.2) is 0 Å². The molecule has 1 atom stereocenters. The van der Waals surface area contributed by atoms with Gasteiger partial charge in [0.25, 0.3) is 5.69 Å². The van der Waals surface area contributed by atoms with E-state index < -0.39 is 16.8 Å². The summed E-state index contributed by atoms with van der Waals surface area (Å²) in [6.07, 6.45) is -0.147. The Morgan fingerprint density at radius 3 is 2.84 bits per heavy atom. The van der Waals surface area contributed by atoms with Crippen LogP contribution in [0.4, 0.5) is 5.69 Å². The van der Waals surface area contributed by atoms with Crippen molar-refractivity contribution in [1.29, 1.82) is 5.26 Å². The molecular formula is C12H11ClN2O4. The van der Waals surface area contributed by atoms with Crippen molar-refractivity contribution in [3.63, 3.8) is 0 Å². The summed E-state index contributed by atoms with van der Waals surface area (Å²) in [5.41, 5.74) is -0.0502. The number of nitriles is 1. The molecule has 0 aliphatic rings. The molecule has 19 heavy (non-hydrogen) atoms. The average molecular weight is 283 g/mol. The number of nitrogens with zero attached hydrogens (tertiary/aromatic N) is 2. The van der Waals surface area contributed by atoms with Crippen LogP contribution < -0.4 is 0 Å². The number of benzene rings is 1. The first-order valence-corrected chi connectivity index (χ1v) is 5.87. The van der Waals surface area contributed by atoms with Gasteiger partial charge in [0.2, 0.25) is 0 Å². The number of hydrogen-bond acceptors (Lipinski definition) is 5. The zero-order valence-electron chi connectivity index (χ0n) is 10.1. The summed E-state index contributed by atoms with van der Waals surface area (Å²) in [4.78, 5) is 21.8. The van der Waals surface area contributed by atoms with Gasteiger partial charge in [0.1, 0.15) is 5.92 Å². The minimum absolute atomic E-state index is 0.141. The van der Waals surface area contributed by atoms with E-state index in [0.717, 1.165) is 0 Å². The standard InChI is InChI=1S/C12H11ClN2O4/c1-2-19-12(16)8(7-14)6-9-10(13)4-3-5-11(9)15(17)18/h3-5,8H,2,6H2,1H3. The number of rotatable bonds is 5. The molecule has 100 valence electrons. The Labute approximate surface area is 114 Å². The predicted octanol–water partition coefficient (Wildman–Crippen LogP) is 2.49. The summed E-state index contributed by atoms with van der Waals surface area (Å²) in [7, 11) is 0. The fourth-order valence-corrected chi connectivity index (χ4v) is 1.80. The molecule has 0 N–H and O–H groups in total. The van der Waals surface area contributed by atoms with Gasteiger partial charge < -0.3 is 4.74 Å². The number of hydrogen-bond donors (Lipinski definition) is 0. The van der Waals surface area contributed by atoms with Crippen molar-refractivity contribution in [2.75, 3.05) is 6.61 Å². The van der Waals surface area contributed by atoms with E-state index in [-0.39, 0.29) is 29.3 Å². The topological polar surface area (TPSA) is 93.2 Å². The average Bonchev–Trinajstić information content (AvgIpc) is 2.37. The van der Waals surface area contributed by atoms with E-state index in [2.05, 4.69) is 0 Å².